The second kappa shape index (κ2) is 7.56. The summed E-state index contributed by atoms with van der Waals surface area (Å²) in [5.74, 6) is -0.00178. The lowest BCUT2D eigenvalue weighted by molar-refractivity contribution is -0.0498. The minimum absolute atomic E-state index is 0.00178. The zero-order valence-electron chi connectivity index (χ0n) is 13.5. The Morgan fingerprint density at radius 1 is 1.08 bits per heavy atom. The molecule has 0 aromatic heterocycles. The van der Waals surface area contributed by atoms with Crippen molar-refractivity contribution in [1.82, 2.24) is 0 Å². The van der Waals surface area contributed by atoms with Crippen LogP contribution in [0.2, 0.25) is 0 Å². The molecule has 2 rings (SSSR count). The summed E-state index contributed by atoms with van der Waals surface area (Å²) >= 11 is 0. The molecule has 0 saturated carbocycles. The van der Waals surface area contributed by atoms with Gasteiger partial charge in [-0.3, -0.25) is 0 Å². The molecule has 3 N–H and O–H groups in total. The monoisotopic (exact) mass is 406 g/mol. The highest BCUT2D eigenvalue weighted by molar-refractivity contribution is 7.91. The predicted octanol–water partition coefficient (Wildman–Crippen LogP) is 1.95. The molecule has 0 amide bonds. The average Bonchev–Trinajstić information content (AvgIpc) is 2.51. The van der Waals surface area contributed by atoms with Crippen LogP contribution >= 0.6 is 0 Å². The number of anilines is 1. The Kier molecular flexibility index (Phi) is 5.84. The normalized spacial score (nSPS) is 12.2. The van der Waals surface area contributed by atoms with Crippen LogP contribution < -0.4 is 15.2 Å². The number of hydrogen-bond donors (Lipinski definition) is 2. The number of nitrogens with one attached hydrogen (secondary N) is 1. The highest BCUT2D eigenvalue weighted by Crippen LogP contribution is 2.25. The number of sulfonamides is 1. The van der Waals surface area contributed by atoms with Crippen LogP contribution in [0.15, 0.2) is 52.3 Å². The molecule has 7 nitrogen and oxygen atoms in total. The van der Waals surface area contributed by atoms with E-state index in [2.05, 4.69) is 10.1 Å². The topological polar surface area (TPSA) is 116 Å². The van der Waals surface area contributed by atoms with Gasteiger partial charge in [0, 0.05) is 12.8 Å². The molecule has 142 valence electrons. The fourth-order valence-electron chi connectivity index (χ4n) is 2.12. The molecule has 0 fully saturated rings. The van der Waals surface area contributed by atoms with E-state index < -0.39 is 26.5 Å². The molecule has 0 aliphatic rings. The van der Waals surface area contributed by atoms with E-state index in [0.29, 0.717) is 5.56 Å². The molecular formula is C15H16F2N2O5S2. The highest BCUT2D eigenvalue weighted by atomic mass is 32.2. The molecule has 0 saturated heterocycles. The lowest BCUT2D eigenvalue weighted by Gasteiger charge is -2.13. The zero-order valence-corrected chi connectivity index (χ0v) is 15.1. The number of hydrogen-bond acceptors (Lipinski definition) is 6. The van der Waals surface area contributed by atoms with Crippen molar-refractivity contribution < 1.29 is 30.4 Å². The van der Waals surface area contributed by atoms with Gasteiger partial charge in [-0.2, -0.15) is 8.78 Å². The van der Waals surface area contributed by atoms with E-state index in [1.807, 2.05) is 0 Å². The molecule has 2 aromatic carbocycles. The maximum absolute atomic E-state index is 12.1. The molecule has 0 radical (unpaired) electrons. The SMILES string of the molecule is CS(=O)(=O)c1cc(S(N)(=O)=O)ccc1NCc1ccc(OC(F)F)cc1. The number of benzene rings is 2. The van der Waals surface area contributed by atoms with E-state index in [0.717, 1.165) is 12.3 Å². The van der Waals surface area contributed by atoms with Gasteiger partial charge in [0.05, 0.1) is 15.5 Å². The second-order valence-electron chi connectivity index (χ2n) is 5.35. The fourth-order valence-corrected chi connectivity index (χ4v) is 3.61. The van der Waals surface area contributed by atoms with Crippen molar-refractivity contribution in [3.05, 3.63) is 48.0 Å². The lowest BCUT2D eigenvalue weighted by atomic mass is 10.2. The number of halogens is 2. The van der Waals surface area contributed by atoms with E-state index in [9.17, 15) is 25.6 Å². The summed E-state index contributed by atoms with van der Waals surface area (Å²) in [7, 11) is -7.78. The van der Waals surface area contributed by atoms with Gasteiger partial charge in [-0.05, 0) is 35.9 Å². The summed E-state index contributed by atoms with van der Waals surface area (Å²) in [6, 6.07) is 9.23. The molecule has 26 heavy (non-hydrogen) atoms. The fraction of sp³-hybridized carbons (Fsp3) is 0.200. The molecule has 0 aliphatic heterocycles. The summed E-state index contributed by atoms with van der Waals surface area (Å²) in [4.78, 5) is -0.543. The third kappa shape index (κ3) is 5.38. The summed E-state index contributed by atoms with van der Waals surface area (Å²) < 4.78 is 75.2. The van der Waals surface area contributed by atoms with Crippen molar-refractivity contribution in [2.75, 3.05) is 11.6 Å². The zero-order chi connectivity index (χ0) is 19.5. The van der Waals surface area contributed by atoms with Crippen molar-refractivity contribution in [2.45, 2.75) is 22.9 Å². The van der Waals surface area contributed by atoms with E-state index in [-0.39, 0.29) is 27.8 Å². The van der Waals surface area contributed by atoms with E-state index in [1.165, 1.54) is 36.4 Å². The first kappa shape index (κ1) is 20.1. The molecule has 0 unspecified atom stereocenters. The molecule has 2 aromatic rings. The van der Waals surface area contributed by atoms with Crippen LogP contribution in [0.25, 0.3) is 0 Å². The van der Waals surface area contributed by atoms with E-state index in [1.54, 1.807) is 0 Å². The Labute approximate surface area is 149 Å². The summed E-state index contributed by atoms with van der Waals surface area (Å²) in [5, 5.41) is 7.90. The van der Waals surface area contributed by atoms with Gasteiger partial charge in [-0.15, -0.1) is 0 Å². The first-order chi connectivity index (χ1) is 12.0. The van der Waals surface area contributed by atoms with Gasteiger partial charge in [0.2, 0.25) is 10.0 Å². The van der Waals surface area contributed by atoms with E-state index in [4.69, 9.17) is 5.14 Å². The van der Waals surface area contributed by atoms with Crippen LogP contribution in [-0.2, 0) is 26.4 Å². The van der Waals surface area contributed by atoms with Crippen molar-refractivity contribution in [2.24, 2.45) is 5.14 Å². The predicted molar refractivity (Wildman–Crippen MR) is 91.3 cm³/mol. The molecule has 0 bridgehead atoms. The molecule has 0 atom stereocenters. The van der Waals surface area contributed by atoms with Crippen molar-refractivity contribution in [1.29, 1.82) is 0 Å². The molecule has 0 heterocycles. The number of rotatable bonds is 7. The Morgan fingerprint density at radius 2 is 1.69 bits per heavy atom. The Hall–Kier alpha value is -2.24. The van der Waals surface area contributed by atoms with Gasteiger partial charge in [0.15, 0.2) is 9.84 Å². The number of alkyl halides is 2. The van der Waals surface area contributed by atoms with Gasteiger partial charge in [-0.25, -0.2) is 22.0 Å². The number of primary sulfonamides is 1. The second-order valence-corrected chi connectivity index (χ2v) is 8.90. The summed E-state index contributed by atoms with van der Waals surface area (Å²) in [6.07, 6.45) is 0.941. The minimum Gasteiger partial charge on any atom is -0.435 e. The van der Waals surface area contributed by atoms with Crippen molar-refractivity contribution in [3.8, 4) is 5.75 Å². The van der Waals surface area contributed by atoms with Gasteiger partial charge >= 0.3 is 6.61 Å². The van der Waals surface area contributed by atoms with Crippen LogP contribution in [0.1, 0.15) is 5.56 Å². The van der Waals surface area contributed by atoms with Gasteiger partial charge in [-0.1, -0.05) is 12.1 Å². The number of ether oxygens (including phenoxy) is 1. The standard InChI is InChI=1S/C15H16F2N2O5S2/c1-25(20,21)14-8-12(26(18,22)23)6-7-13(14)19-9-10-2-4-11(5-3-10)24-15(16)17/h2-8,15,19H,9H2,1H3,(H2,18,22,23). The largest absolute Gasteiger partial charge is 0.435 e. The molecular weight excluding hydrogens is 390 g/mol. The first-order valence-electron chi connectivity index (χ1n) is 7.11. The van der Waals surface area contributed by atoms with Crippen LogP contribution in [-0.4, -0.2) is 29.7 Å². The number of nitrogens with two attached hydrogens (primary N) is 1. The third-order valence-corrected chi connectivity index (χ3v) is 5.36. The third-order valence-electron chi connectivity index (χ3n) is 3.31. The highest BCUT2D eigenvalue weighted by Gasteiger charge is 2.18. The minimum atomic E-state index is -4.05. The molecule has 11 heteroatoms. The van der Waals surface area contributed by atoms with Crippen LogP contribution in [0.3, 0.4) is 0 Å². The Bertz CT molecular complexity index is 991. The Balaban J connectivity index is 2.24. The summed E-state index contributed by atoms with van der Waals surface area (Å²) in [5.41, 5.74) is 0.856. The maximum atomic E-state index is 12.1. The maximum Gasteiger partial charge on any atom is 0.387 e. The summed E-state index contributed by atoms with van der Waals surface area (Å²) in [6.45, 7) is -2.75. The quantitative estimate of drug-likeness (QED) is 0.726. The van der Waals surface area contributed by atoms with Crippen molar-refractivity contribution >= 4 is 25.5 Å². The van der Waals surface area contributed by atoms with E-state index >= 15 is 0 Å². The van der Waals surface area contributed by atoms with Gasteiger partial charge in [0.25, 0.3) is 0 Å². The smallest absolute Gasteiger partial charge is 0.387 e. The van der Waals surface area contributed by atoms with Crippen LogP contribution in [0, 0.1) is 0 Å². The molecule has 0 spiro atoms. The Morgan fingerprint density at radius 3 is 2.19 bits per heavy atom. The van der Waals surface area contributed by atoms with Gasteiger partial charge in [0.1, 0.15) is 5.75 Å². The van der Waals surface area contributed by atoms with Crippen molar-refractivity contribution in [3.63, 3.8) is 0 Å². The first-order valence-corrected chi connectivity index (χ1v) is 10.5. The van der Waals surface area contributed by atoms with Gasteiger partial charge < -0.3 is 10.1 Å². The number of sulfone groups is 1. The average molecular weight is 406 g/mol. The van der Waals surface area contributed by atoms with Crippen LogP contribution in [0.5, 0.6) is 5.75 Å². The molecule has 0 aliphatic carbocycles. The lowest BCUT2D eigenvalue weighted by Crippen LogP contribution is -2.14. The van der Waals surface area contributed by atoms with Crippen LogP contribution in [0.4, 0.5) is 14.5 Å².